The molecule has 16 heavy (non-hydrogen) atoms. The van der Waals surface area contributed by atoms with Crippen molar-refractivity contribution in [3.63, 3.8) is 0 Å². The third-order valence-electron chi connectivity index (χ3n) is 1.11. The molecule has 1 rings (SSSR count). The Balaban J connectivity index is 3.00. The molecule has 0 aromatic carbocycles. The van der Waals surface area contributed by atoms with Crippen molar-refractivity contribution in [3.05, 3.63) is 11.8 Å². The Morgan fingerprint density at radius 2 is 1.50 bits per heavy atom. The first kappa shape index (κ1) is 13.0. The number of nitrogens with zero attached hydrogens (tertiary/aromatic N) is 2. The van der Waals surface area contributed by atoms with Gasteiger partial charge in [-0.2, -0.15) is 13.2 Å². The molecule has 0 aliphatic carbocycles. The highest BCUT2D eigenvalue weighted by Crippen LogP contribution is 2.99. The second-order valence-electron chi connectivity index (χ2n) is 2.77. The summed E-state index contributed by atoms with van der Waals surface area (Å²) in [7, 11) is -9.90. The third kappa shape index (κ3) is 4.20. The molecule has 96 valence electrons. The minimum Gasteiger partial charge on any atom is -0.416 e. The van der Waals surface area contributed by atoms with Crippen LogP contribution < -0.4 is 0 Å². The van der Waals surface area contributed by atoms with Gasteiger partial charge in [-0.25, -0.2) is 0 Å². The largest absolute Gasteiger partial charge is 0.470 e. The van der Waals surface area contributed by atoms with E-state index in [0.29, 0.717) is 0 Å². The fraction of sp³-hybridized carbons (Fsp3) is 0.500. The highest BCUT2D eigenvalue weighted by molar-refractivity contribution is 8.45. The molecule has 0 amide bonds. The van der Waals surface area contributed by atoms with Gasteiger partial charge in [0, 0.05) is 0 Å². The molecule has 1 aromatic rings. The molecular weight excluding hydrogens is 276 g/mol. The first-order chi connectivity index (χ1) is 6.66. The van der Waals surface area contributed by atoms with Crippen molar-refractivity contribution in [2.75, 3.05) is 0 Å². The lowest BCUT2D eigenvalue weighted by atomic mass is 10.7. The van der Waals surface area contributed by atoms with Crippen LogP contribution in [0.5, 0.6) is 0 Å². The van der Waals surface area contributed by atoms with Gasteiger partial charge < -0.3 is 4.42 Å². The van der Waals surface area contributed by atoms with Crippen LogP contribution in [0.3, 0.4) is 0 Å². The molecule has 0 radical (unpaired) electrons. The highest BCUT2D eigenvalue weighted by atomic mass is 32.5. The van der Waals surface area contributed by atoms with Gasteiger partial charge in [0.25, 0.3) is 10.2 Å². The molecule has 0 N–H and O–H groups in total. The van der Waals surface area contributed by atoms with E-state index in [0.717, 1.165) is 0 Å². The summed E-state index contributed by atoms with van der Waals surface area (Å²) < 4.78 is 97.7. The predicted octanol–water partition coefficient (Wildman–Crippen LogP) is 3.89. The third-order valence-corrected chi connectivity index (χ3v) is 1.90. The first-order valence-corrected chi connectivity index (χ1v) is 5.41. The van der Waals surface area contributed by atoms with Crippen molar-refractivity contribution in [1.29, 1.82) is 0 Å². The van der Waals surface area contributed by atoms with E-state index < -0.39 is 33.9 Å². The molecule has 0 spiro atoms. The monoisotopic (exact) mass is 278 g/mol. The summed E-state index contributed by atoms with van der Waals surface area (Å²) in [6, 6.07) is 0. The summed E-state index contributed by atoms with van der Waals surface area (Å²) in [5.74, 6) is -6.89. The average molecular weight is 278 g/mol. The number of halogens is 8. The lowest BCUT2D eigenvalue weighted by Gasteiger charge is -2.38. The molecule has 0 aliphatic rings. The Hall–Kier alpha value is -1.07. The maximum Gasteiger partial charge on any atom is 0.470 e. The molecular formula is C4H2F8N2OS. The fourth-order valence-corrected chi connectivity index (χ4v) is 1.24. The van der Waals surface area contributed by atoms with Crippen molar-refractivity contribution < 1.29 is 37.0 Å². The Labute approximate surface area is 82.2 Å². The van der Waals surface area contributed by atoms with Gasteiger partial charge >= 0.3 is 12.1 Å². The topological polar surface area (TPSA) is 38.9 Å². The lowest BCUT2D eigenvalue weighted by Crippen LogP contribution is -2.09. The molecule has 3 nitrogen and oxygen atoms in total. The summed E-state index contributed by atoms with van der Waals surface area (Å²) in [4.78, 5) is 0. The van der Waals surface area contributed by atoms with Crippen LogP contribution in [0.1, 0.15) is 11.8 Å². The second kappa shape index (κ2) is 2.60. The molecule has 0 fully saturated rings. The van der Waals surface area contributed by atoms with Crippen LogP contribution >= 0.6 is 10.2 Å². The molecule has 12 heteroatoms. The zero-order valence-corrected chi connectivity index (χ0v) is 7.76. The highest BCUT2D eigenvalue weighted by Gasteiger charge is 2.64. The maximum absolute atomic E-state index is 11.8. The van der Waals surface area contributed by atoms with Crippen LogP contribution in [-0.2, 0) is 11.9 Å². The van der Waals surface area contributed by atoms with E-state index in [2.05, 4.69) is 14.6 Å². The maximum atomic E-state index is 11.8. The smallest absolute Gasteiger partial charge is 0.416 e. The number of hydrogen-bond acceptors (Lipinski definition) is 3. The van der Waals surface area contributed by atoms with Crippen molar-refractivity contribution in [1.82, 2.24) is 10.2 Å². The number of aromatic nitrogens is 2. The molecule has 0 saturated carbocycles. The van der Waals surface area contributed by atoms with Crippen molar-refractivity contribution in [2.24, 2.45) is 0 Å². The summed E-state index contributed by atoms with van der Waals surface area (Å²) >= 11 is 0. The zero-order chi connectivity index (χ0) is 12.9. The van der Waals surface area contributed by atoms with Gasteiger partial charge in [-0.1, -0.05) is 19.4 Å². The Morgan fingerprint density at radius 3 is 1.81 bits per heavy atom. The van der Waals surface area contributed by atoms with E-state index in [9.17, 15) is 32.6 Å². The minimum absolute atomic E-state index is 1.83. The molecule has 0 aliphatic heterocycles. The van der Waals surface area contributed by atoms with E-state index in [1.165, 1.54) is 0 Å². The van der Waals surface area contributed by atoms with Gasteiger partial charge in [-0.05, 0) is 0 Å². The Kier molecular flexibility index (Phi) is 2.11. The number of alkyl halides is 3. The lowest BCUT2D eigenvalue weighted by molar-refractivity contribution is -0.157. The summed E-state index contributed by atoms with van der Waals surface area (Å²) in [6.45, 7) is 0. The molecule has 0 atom stereocenters. The Morgan fingerprint density at radius 1 is 1.00 bits per heavy atom. The van der Waals surface area contributed by atoms with E-state index in [-0.39, 0.29) is 0 Å². The second-order valence-corrected chi connectivity index (χ2v) is 5.32. The van der Waals surface area contributed by atoms with Crippen LogP contribution in [-0.4, -0.2) is 10.2 Å². The average Bonchev–Trinajstić information content (AvgIpc) is 2.25. The van der Waals surface area contributed by atoms with Gasteiger partial charge in [0.1, 0.15) is 0 Å². The van der Waals surface area contributed by atoms with Crippen LogP contribution in [0.15, 0.2) is 4.42 Å². The van der Waals surface area contributed by atoms with Gasteiger partial charge in [0.15, 0.2) is 5.75 Å². The van der Waals surface area contributed by atoms with Gasteiger partial charge in [-0.3, -0.25) is 0 Å². The summed E-state index contributed by atoms with van der Waals surface area (Å²) in [5.41, 5.74) is 0. The van der Waals surface area contributed by atoms with Gasteiger partial charge in [0.2, 0.25) is 5.89 Å². The predicted molar refractivity (Wildman–Crippen MR) is 36.1 cm³/mol. The normalized spacial score (nSPS) is 18.0. The Bertz CT molecular complexity index is 403. The molecule has 0 bridgehead atoms. The molecule has 1 aromatic heterocycles. The molecule has 1 heterocycles. The van der Waals surface area contributed by atoms with Gasteiger partial charge in [-0.15, -0.1) is 10.2 Å². The fourth-order valence-electron chi connectivity index (χ4n) is 0.660. The van der Waals surface area contributed by atoms with E-state index in [1.807, 2.05) is 0 Å². The van der Waals surface area contributed by atoms with Crippen LogP contribution in [0.2, 0.25) is 0 Å². The molecule has 0 unspecified atom stereocenters. The minimum atomic E-state index is -9.90. The first-order valence-electron chi connectivity index (χ1n) is 3.29. The number of rotatable bonds is 2. The summed E-state index contributed by atoms with van der Waals surface area (Å²) in [5, 5.41) is 4.43. The van der Waals surface area contributed by atoms with E-state index in [1.54, 1.807) is 0 Å². The van der Waals surface area contributed by atoms with Crippen molar-refractivity contribution >= 4 is 10.2 Å². The number of hydrogen-bond donors (Lipinski definition) is 0. The van der Waals surface area contributed by atoms with Crippen molar-refractivity contribution in [2.45, 2.75) is 11.9 Å². The molecule has 0 saturated heterocycles. The van der Waals surface area contributed by atoms with Gasteiger partial charge in [0.05, 0.1) is 0 Å². The van der Waals surface area contributed by atoms with E-state index in [4.69, 9.17) is 0 Å². The van der Waals surface area contributed by atoms with Crippen LogP contribution in [0, 0.1) is 0 Å². The SMILES string of the molecule is FC(F)(F)c1nnc(CS(F)(F)(F)(F)F)o1. The zero-order valence-electron chi connectivity index (χ0n) is 6.94. The summed E-state index contributed by atoms with van der Waals surface area (Å²) in [6.07, 6.45) is -5.18. The standard InChI is InChI=1S/C4H2F8N2OS/c5-4(6,7)3-14-13-2(15-3)1-16(8,9,10,11)12/h1H2. The van der Waals surface area contributed by atoms with Crippen LogP contribution in [0.25, 0.3) is 0 Å². The van der Waals surface area contributed by atoms with Crippen LogP contribution in [0.4, 0.5) is 32.6 Å². The van der Waals surface area contributed by atoms with E-state index >= 15 is 0 Å². The quantitative estimate of drug-likeness (QED) is 0.770. The van der Waals surface area contributed by atoms with Crippen molar-refractivity contribution in [3.8, 4) is 0 Å².